The van der Waals surface area contributed by atoms with E-state index in [1.54, 1.807) is 0 Å². The van der Waals surface area contributed by atoms with Crippen LogP contribution < -0.4 is 22.1 Å². The van der Waals surface area contributed by atoms with E-state index in [4.69, 9.17) is 23.1 Å². The number of hydrogen-bond acceptors (Lipinski definition) is 4. The number of nitrogens with zero attached hydrogens (tertiary/aromatic N) is 1. The van der Waals surface area contributed by atoms with E-state index in [0.29, 0.717) is 24.8 Å². The maximum Gasteiger partial charge on any atom is 0.265 e. The van der Waals surface area contributed by atoms with Crippen molar-refractivity contribution < 1.29 is 23.6 Å². The molecular formula is C23H27ClFN5O4. The Kier molecular flexibility index (Phi) is 6.79. The molecule has 2 aliphatic rings. The minimum Gasteiger partial charge on any atom is -0.368 e. The van der Waals surface area contributed by atoms with Crippen LogP contribution in [0.4, 0.5) is 4.39 Å². The van der Waals surface area contributed by atoms with Gasteiger partial charge in [-0.15, -0.1) is 0 Å². The van der Waals surface area contributed by atoms with E-state index >= 15 is 0 Å². The zero-order valence-electron chi connectivity index (χ0n) is 18.5. The molecular weight excluding hydrogens is 465 g/mol. The number of piperidine rings is 1. The Morgan fingerprint density at radius 2 is 1.91 bits per heavy atom. The SMILES string of the molecule is NC(=O)c1cc2c(Cl)cc(F)cc2n1[C@@H](CC1CC1)C(=O)N[C@@H](C[C@@H]1CCCNC1=O)C(N)=O. The normalized spacial score (nSPS) is 19.9. The number of carbonyl (C=O) groups is 4. The first kappa shape index (κ1) is 24.0. The summed E-state index contributed by atoms with van der Waals surface area (Å²) in [4.78, 5) is 50.1. The molecule has 0 radical (unpaired) electrons. The maximum absolute atomic E-state index is 14.2. The highest BCUT2D eigenvalue weighted by Gasteiger charge is 2.36. The zero-order chi connectivity index (χ0) is 24.6. The lowest BCUT2D eigenvalue weighted by Crippen LogP contribution is -2.50. The first-order valence-electron chi connectivity index (χ1n) is 11.3. The molecule has 2 aromatic rings. The highest BCUT2D eigenvalue weighted by Crippen LogP contribution is 2.40. The number of hydrogen-bond donors (Lipinski definition) is 4. The third-order valence-electron chi connectivity index (χ3n) is 6.57. The Morgan fingerprint density at radius 3 is 2.53 bits per heavy atom. The molecule has 0 spiro atoms. The fraction of sp³-hybridized carbons (Fsp3) is 0.478. The topological polar surface area (TPSA) is 149 Å². The van der Waals surface area contributed by atoms with Crippen LogP contribution in [-0.2, 0) is 14.4 Å². The van der Waals surface area contributed by atoms with E-state index in [1.165, 1.54) is 16.7 Å². The van der Waals surface area contributed by atoms with Crippen molar-refractivity contribution in [3.05, 3.63) is 34.7 Å². The van der Waals surface area contributed by atoms with E-state index in [0.717, 1.165) is 25.3 Å². The summed E-state index contributed by atoms with van der Waals surface area (Å²) in [5, 5.41) is 5.89. The predicted molar refractivity (Wildman–Crippen MR) is 123 cm³/mol. The van der Waals surface area contributed by atoms with Gasteiger partial charge in [0.15, 0.2) is 0 Å². The Balaban J connectivity index is 1.69. The van der Waals surface area contributed by atoms with Crippen molar-refractivity contribution >= 4 is 46.1 Å². The van der Waals surface area contributed by atoms with Crippen molar-refractivity contribution in [3.63, 3.8) is 0 Å². The molecule has 4 rings (SSSR count). The molecule has 11 heteroatoms. The lowest BCUT2D eigenvalue weighted by Gasteiger charge is -2.27. The van der Waals surface area contributed by atoms with Gasteiger partial charge < -0.3 is 26.7 Å². The van der Waals surface area contributed by atoms with Gasteiger partial charge in [-0.05, 0) is 49.8 Å². The van der Waals surface area contributed by atoms with Gasteiger partial charge in [0.25, 0.3) is 5.91 Å². The molecule has 34 heavy (non-hydrogen) atoms. The lowest BCUT2D eigenvalue weighted by molar-refractivity contribution is -0.132. The maximum atomic E-state index is 14.2. The van der Waals surface area contributed by atoms with Gasteiger partial charge in [0.05, 0.1) is 10.5 Å². The second-order valence-corrected chi connectivity index (χ2v) is 9.52. The van der Waals surface area contributed by atoms with Gasteiger partial charge in [-0.1, -0.05) is 24.4 Å². The molecule has 3 atom stereocenters. The number of carbonyl (C=O) groups excluding carboxylic acids is 4. The molecule has 1 aliphatic heterocycles. The van der Waals surface area contributed by atoms with Gasteiger partial charge >= 0.3 is 0 Å². The number of primary amides is 2. The second kappa shape index (κ2) is 9.61. The summed E-state index contributed by atoms with van der Waals surface area (Å²) in [6, 6.07) is 1.71. The molecule has 1 saturated heterocycles. The van der Waals surface area contributed by atoms with E-state index in [9.17, 15) is 23.6 Å². The molecule has 0 unspecified atom stereocenters. The molecule has 1 saturated carbocycles. The molecule has 1 aliphatic carbocycles. The largest absolute Gasteiger partial charge is 0.368 e. The Labute approximate surface area is 200 Å². The molecule has 0 bridgehead atoms. The average molecular weight is 492 g/mol. The summed E-state index contributed by atoms with van der Waals surface area (Å²) in [7, 11) is 0. The number of nitrogens with one attached hydrogen (secondary N) is 2. The fourth-order valence-electron chi connectivity index (χ4n) is 4.63. The van der Waals surface area contributed by atoms with Gasteiger partial charge in [-0.25, -0.2) is 4.39 Å². The number of amides is 4. The summed E-state index contributed by atoms with van der Waals surface area (Å²) in [6.45, 7) is 0.572. The number of rotatable bonds is 9. The summed E-state index contributed by atoms with van der Waals surface area (Å²) < 4.78 is 15.6. The number of aromatic nitrogens is 1. The Bertz CT molecular complexity index is 1160. The van der Waals surface area contributed by atoms with E-state index in [-0.39, 0.29) is 34.5 Å². The highest BCUT2D eigenvalue weighted by molar-refractivity contribution is 6.35. The van der Waals surface area contributed by atoms with Crippen molar-refractivity contribution in [3.8, 4) is 0 Å². The van der Waals surface area contributed by atoms with Crippen LogP contribution in [0.15, 0.2) is 18.2 Å². The van der Waals surface area contributed by atoms with Gasteiger partial charge in [-0.3, -0.25) is 19.2 Å². The fourth-order valence-corrected chi connectivity index (χ4v) is 4.89. The monoisotopic (exact) mass is 491 g/mol. The first-order valence-corrected chi connectivity index (χ1v) is 11.7. The van der Waals surface area contributed by atoms with E-state index in [2.05, 4.69) is 10.6 Å². The lowest BCUT2D eigenvalue weighted by atomic mass is 9.91. The molecule has 6 N–H and O–H groups in total. The van der Waals surface area contributed by atoms with Gasteiger partial charge in [0.2, 0.25) is 17.7 Å². The van der Waals surface area contributed by atoms with Crippen LogP contribution >= 0.6 is 11.6 Å². The first-order chi connectivity index (χ1) is 16.2. The van der Waals surface area contributed by atoms with Gasteiger partial charge in [0.1, 0.15) is 23.6 Å². The van der Waals surface area contributed by atoms with Crippen LogP contribution in [0, 0.1) is 17.7 Å². The summed E-state index contributed by atoms with van der Waals surface area (Å²) in [6.07, 6.45) is 3.60. The molecule has 1 aromatic carbocycles. The molecule has 182 valence electrons. The van der Waals surface area contributed by atoms with Crippen LogP contribution in [0.2, 0.25) is 5.02 Å². The molecule has 2 heterocycles. The van der Waals surface area contributed by atoms with E-state index < -0.39 is 41.5 Å². The molecule has 9 nitrogen and oxygen atoms in total. The number of halogens is 2. The molecule has 4 amide bonds. The standard InChI is InChI=1S/C23H27ClFN5O4/c24-15-8-13(25)9-17-14(15)10-18(21(27)32)30(17)19(6-11-3-4-11)23(34)29-16(20(26)31)7-12-2-1-5-28-22(12)33/h8-12,16,19H,1-7H2,(H2,26,31)(H2,27,32)(H,28,33)(H,29,34)/t12-,16-,19-/m0/s1. The van der Waals surface area contributed by atoms with Crippen molar-refractivity contribution in [2.75, 3.05) is 6.54 Å². The quantitative estimate of drug-likeness (QED) is 0.422. The Hall–Kier alpha value is -3.14. The summed E-state index contributed by atoms with van der Waals surface area (Å²) in [5.41, 5.74) is 11.4. The predicted octanol–water partition coefficient (Wildman–Crippen LogP) is 1.76. The zero-order valence-corrected chi connectivity index (χ0v) is 19.2. The number of fused-ring (bicyclic) bond motifs is 1. The number of benzene rings is 1. The third kappa shape index (κ3) is 5.01. The minimum atomic E-state index is -1.08. The van der Waals surface area contributed by atoms with Crippen molar-refractivity contribution in [2.45, 2.75) is 50.6 Å². The smallest absolute Gasteiger partial charge is 0.265 e. The van der Waals surface area contributed by atoms with Crippen molar-refractivity contribution in [1.82, 2.24) is 15.2 Å². The van der Waals surface area contributed by atoms with E-state index in [1.807, 2.05) is 0 Å². The average Bonchev–Trinajstić information content (AvgIpc) is 3.51. The van der Waals surface area contributed by atoms with Crippen molar-refractivity contribution in [1.29, 1.82) is 0 Å². The van der Waals surface area contributed by atoms with Crippen molar-refractivity contribution in [2.24, 2.45) is 23.3 Å². The van der Waals surface area contributed by atoms with Crippen LogP contribution in [0.25, 0.3) is 10.9 Å². The van der Waals surface area contributed by atoms with Crippen LogP contribution in [-0.4, -0.2) is 40.8 Å². The highest BCUT2D eigenvalue weighted by atomic mass is 35.5. The van der Waals surface area contributed by atoms with Crippen LogP contribution in [0.3, 0.4) is 0 Å². The number of nitrogens with two attached hydrogens (primary N) is 2. The van der Waals surface area contributed by atoms with Crippen LogP contribution in [0.5, 0.6) is 0 Å². The molecule has 2 fully saturated rings. The second-order valence-electron chi connectivity index (χ2n) is 9.11. The minimum absolute atomic E-state index is 0.00517. The summed E-state index contributed by atoms with van der Waals surface area (Å²) in [5.74, 6) is -3.16. The van der Waals surface area contributed by atoms with Gasteiger partial charge in [-0.2, -0.15) is 0 Å². The Morgan fingerprint density at radius 1 is 1.18 bits per heavy atom. The van der Waals surface area contributed by atoms with Crippen LogP contribution in [0.1, 0.15) is 55.1 Å². The molecule has 1 aromatic heterocycles. The summed E-state index contributed by atoms with van der Waals surface area (Å²) >= 11 is 6.20. The van der Waals surface area contributed by atoms with Gasteiger partial charge in [0, 0.05) is 17.8 Å². The third-order valence-corrected chi connectivity index (χ3v) is 6.89.